The van der Waals surface area contributed by atoms with Gasteiger partial charge < -0.3 is 20.3 Å². The van der Waals surface area contributed by atoms with Crippen LogP contribution in [0.15, 0.2) is 18.2 Å². The molecular formula is C19H23N3O4. The molecule has 4 rings (SSSR count). The standard InChI is InChI=1S/C19H23N3O4/c23-17(20-13-4-1-2-5-13)11-26-19(25)12-7-8-15-14(10-12)21-18(24)16-6-3-9-22(15)16/h7-8,10,13,16H,1-6,9,11H2,(H,20,23)(H,21,24)/t16-/m1/s1. The van der Waals surface area contributed by atoms with Crippen molar-refractivity contribution in [1.29, 1.82) is 0 Å². The summed E-state index contributed by atoms with van der Waals surface area (Å²) in [5.74, 6) is -0.861. The van der Waals surface area contributed by atoms with Crippen molar-refractivity contribution in [1.82, 2.24) is 5.32 Å². The highest BCUT2D eigenvalue weighted by atomic mass is 16.5. The minimum absolute atomic E-state index is 0.0311. The van der Waals surface area contributed by atoms with Crippen LogP contribution in [-0.2, 0) is 14.3 Å². The number of carbonyl (C=O) groups excluding carboxylic acids is 3. The molecule has 0 aromatic heterocycles. The Morgan fingerprint density at radius 2 is 2.00 bits per heavy atom. The number of carbonyl (C=O) groups is 3. The molecule has 0 radical (unpaired) electrons. The van der Waals surface area contributed by atoms with Crippen molar-refractivity contribution >= 4 is 29.2 Å². The molecule has 1 aromatic rings. The summed E-state index contributed by atoms with van der Waals surface area (Å²) in [4.78, 5) is 38.4. The minimum Gasteiger partial charge on any atom is -0.452 e. The Morgan fingerprint density at radius 3 is 2.81 bits per heavy atom. The molecule has 138 valence electrons. The molecule has 2 heterocycles. The predicted molar refractivity (Wildman–Crippen MR) is 96.1 cm³/mol. The van der Waals surface area contributed by atoms with Gasteiger partial charge in [0.25, 0.3) is 5.91 Å². The molecule has 26 heavy (non-hydrogen) atoms. The number of hydrogen-bond acceptors (Lipinski definition) is 5. The summed E-state index contributed by atoms with van der Waals surface area (Å²) in [6.07, 6.45) is 6.07. The molecule has 3 aliphatic rings. The van der Waals surface area contributed by atoms with Crippen molar-refractivity contribution < 1.29 is 19.1 Å². The molecule has 0 bridgehead atoms. The third-order valence-electron chi connectivity index (χ3n) is 5.41. The van der Waals surface area contributed by atoms with Crippen LogP contribution in [0.3, 0.4) is 0 Å². The summed E-state index contributed by atoms with van der Waals surface area (Å²) in [6.45, 7) is 0.559. The molecule has 7 nitrogen and oxygen atoms in total. The van der Waals surface area contributed by atoms with Crippen LogP contribution in [-0.4, -0.2) is 43.0 Å². The summed E-state index contributed by atoms with van der Waals surface area (Å²) >= 11 is 0. The topological polar surface area (TPSA) is 87.7 Å². The van der Waals surface area contributed by atoms with E-state index in [1.54, 1.807) is 12.1 Å². The van der Waals surface area contributed by atoms with Crippen molar-refractivity contribution in [2.45, 2.75) is 50.6 Å². The molecule has 2 amide bonds. The number of hydrogen-bond donors (Lipinski definition) is 2. The van der Waals surface area contributed by atoms with Crippen LogP contribution < -0.4 is 15.5 Å². The van der Waals surface area contributed by atoms with Crippen molar-refractivity contribution in [2.24, 2.45) is 0 Å². The van der Waals surface area contributed by atoms with Gasteiger partial charge in [0.15, 0.2) is 6.61 Å². The van der Waals surface area contributed by atoms with Crippen LogP contribution in [0.25, 0.3) is 0 Å². The molecule has 1 saturated heterocycles. The summed E-state index contributed by atoms with van der Waals surface area (Å²) in [5.41, 5.74) is 1.89. The lowest BCUT2D eigenvalue weighted by molar-refractivity contribution is -0.124. The first-order valence-corrected chi connectivity index (χ1v) is 9.30. The van der Waals surface area contributed by atoms with Gasteiger partial charge in [-0.2, -0.15) is 0 Å². The fourth-order valence-electron chi connectivity index (χ4n) is 4.11. The minimum atomic E-state index is -0.563. The Bertz CT molecular complexity index is 742. The summed E-state index contributed by atoms with van der Waals surface area (Å²) < 4.78 is 5.13. The van der Waals surface area contributed by atoms with Gasteiger partial charge in [0.1, 0.15) is 6.04 Å². The summed E-state index contributed by atoms with van der Waals surface area (Å²) in [7, 11) is 0. The van der Waals surface area contributed by atoms with Gasteiger partial charge in [0.2, 0.25) is 5.91 Å². The third kappa shape index (κ3) is 3.25. The lowest BCUT2D eigenvalue weighted by Crippen LogP contribution is -2.43. The van der Waals surface area contributed by atoms with Crippen LogP contribution in [0.1, 0.15) is 48.9 Å². The van der Waals surface area contributed by atoms with Crippen molar-refractivity contribution in [3.63, 3.8) is 0 Å². The van der Waals surface area contributed by atoms with E-state index in [0.717, 1.165) is 50.8 Å². The Kier molecular flexibility index (Phi) is 4.53. The number of amides is 2. The smallest absolute Gasteiger partial charge is 0.338 e. The molecule has 2 aliphatic heterocycles. The second-order valence-electron chi connectivity index (χ2n) is 7.20. The van der Waals surface area contributed by atoms with E-state index in [2.05, 4.69) is 15.5 Å². The molecule has 7 heteroatoms. The quantitative estimate of drug-likeness (QED) is 0.803. The van der Waals surface area contributed by atoms with Gasteiger partial charge in [-0.25, -0.2) is 4.79 Å². The van der Waals surface area contributed by atoms with E-state index in [4.69, 9.17) is 4.74 Å². The van der Waals surface area contributed by atoms with E-state index in [1.807, 2.05) is 6.07 Å². The maximum atomic E-state index is 12.3. The largest absolute Gasteiger partial charge is 0.452 e. The third-order valence-corrected chi connectivity index (χ3v) is 5.41. The zero-order valence-corrected chi connectivity index (χ0v) is 14.6. The van der Waals surface area contributed by atoms with Crippen LogP contribution in [0.4, 0.5) is 11.4 Å². The summed E-state index contributed by atoms with van der Waals surface area (Å²) in [5, 5.41) is 5.76. The van der Waals surface area contributed by atoms with E-state index >= 15 is 0 Å². The zero-order valence-electron chi connectivity index (χ0n) is 14.6. The fraction of sp³-hybridized carbons (Fsp3) is 0.526. The van der Waals surface area contributed by atoms with Gasteiger partial charge in [-0.1, -0.05) is 12.8 Å². The second kappa shape index (κ2) is 6.97. The van der Waals surface area contributed by atoms with Crippen LogP contribution in [0.5, 0.6) is 0 Å². The molecule has 2 N–H and O–H groups in total. The first-order valence-electron chi connectivity index (χ1n) is 9.30. The monoisotopic (exact) mass is 357 g/mol. The highest BCUT2D eigenvalue weighted by Crippen LogP contribution is 2.37. The number of nitrogens with zero attached hydrogens (tertiary/aromatic N) is 1. The molecule has 1 aromatic carbocycles. The Balaban J connectivity index is 1.38. The van der Waals surface area contributed by atoms with Gasteiger partial charge in [0.05, 0.1) is 16.9 Å². The molecule has 0 spiro atoms. The Hall–Kier alpha value is -2.57. The van der Waals surface area contributed by atoms with Gasteiger partial charge in [-0.05, 0) is 43.9 Å². The molecule has 1 saturated carbocycles. The Morgan fingerprint density at radius 1 is 1.19 bits per heavy atom. The normalized spacial score (nSPS) is 21.8. The second-order valence-corrected chi connectivity index (χ2v) is 7.20. The lowest BCUT2D eigenvalue weighted by atomic mass is 10.1. The first kappa shape index (κ1) is 16.9. The van der Waals surface area contributed by atoms with E-state index < -0.39 is 5.97 Å². The van der Waals surface area contributed by atoms with Gasteiger partial charge in [-0.15, -0.1) is 0 Å². The average molecular weight is 357 g/mol. The predicted octanol–water partition coefficient (Wildman–Crippen LogP) is 1.82. The lowest BCUT2D eigenvalue weighted by Gasteiger charge is -2.33. The number of benzene rings is 1. The average Bonchev–Trinajstić information content (AvgIpc) is 3.31. The van der Waals surface area contributed by atoms with E-state index in [0.29, 0.717) is 11.3 Å². The van der Waals surface area contributed by atoms with E-state index in [9.17, 15) is 14.4 Å². The number of ether oxygens (including phenoxy) is 1. The van der Waals surface area contributed by atoms with Gasteiger partial charge in [-0.3, -0.25) is 9.59 Å². The molecular weight excluding hydrogens is 334 g/mol. The molecule has 0 unspecified atom stereocenters. The molecule has 1 aliphatic carbocycles. The van der Waals surface area contributed by atoms with Gasteiger partial charge >= 0.3 is 5.97 Å². The maximum Gasteiger partial charge on any atom is 0.338 e. The highest BCUT2D eigenvalue weighted by molar-refractivity contribution is 6.05. The first-order chi connectivity index (χ1) is 12.6. The van der Waals surface area contributed by atoms with Crippen molar-refractivity contribution in [3.8, 4) is 0 Å². The van der Waals surface area contributed by atoms with Crippen molar-refractivity contribution in [3.05, 3.63) is 23.8 Å². The SMILES string of the molecule is O=C(COC(=O)c1ccc2c(c1)NC(=O)[C@H]1CCCN21)NC1CCCC1. The van der Waals surface area contributed by atoms with Crippen LogP contribution in [0, 0.1) is 0 Å². The summed E-state index contributed by atoms with van der Waals surface area (Å²) in [6, 6.07) is 5.23. The number of rotatable bonds is 4. The maximum absolute atomic E-state index is 12.3. The van der Waals surface area contributed by atoms with E-state index in [-0.39, 0.29) is 30.5 Å². The Labute approximate surface area is 152 Å². The number of fused-ring (bicyclic) bond motifs is 3. The van der Waals surface area contributed by atoms with Gasteiger partial charge in [0, 0.05) is 12.6 Å². The highest BCUT2D eigenvalue weighted by Gasteiger charge is 2.36. The molecule has 2 fully saturated rings. The van der Waals surface area contributed by atoms with E-state index in [1.165, 1.54) is 0 Å². The van der Waals surface area contributed by atoms with Crippen LogP contribution >= 0.6 is 0 Å². The van der Waals surface area contributed by atoms with Crippen LogP contribution in [0.2, 0.25) is 0 Å². The number of esters is 1. The number of nitrogens with one attached hydrogen (secondary N) is 2. The number of anilines is 2. The molecule has 1 atom stereocenters. The van der Waals surface area contributed by atoms with Crippen molar-refractivity contribution in [2.75, 3.05) is 23.4 Å². The zero-order chi connectivity index (χ0) is 18.1. The fourth-order valence-corrected chi connectivity index (χ4v) is 4.11.